The van der Waals surface area contributed by atoms with Gasteiger partial charge in [-0.2, -0.15) is 25.9 Å². The summed E-state index contributed by atoms with van der Waals surface area (Å²) in [7, 11) is -4.32. The van der Waals surface area contributed by atoms with Gasteiger partial charge in [-0.05, 0) is 19.4 Å². The zero-order valence-corrected chi connectivity index (χ0v) is 13.3. The van der Waals surface area contributed by atoms with Crippen molar-refractivity contribution in [2.75, 3.05) is 6.54 Å². The third kappa shape index (κ3) is 5.99. The second kappa shape index (κ2) is 7.38. The van der Waals surface area contributed by atoms with Crippen LogP contribution in [0.15, 0.2) is 6.07 Å². The molecule has 1 atom stereocenters. The van der Waals surface area contributed by atoms with Gasteiger partial charge in [-0.25, -0.2) is 15.1 Å². The van der Waals surface area contributed by atoms with Crippen LogP contribution in [0.25, 0.3) is 0 Å². The summed E-state index contributed by atoms with van der Waals surface area (Å²) in [5, 5.41) is 13.7. The zero-order valence-electron chi connectivity index (χ0n) is 12.5. The number of aromatic nitrogens is 2. The van der Waals surface area contributed by atoms with Gasteiger partial charge in [0.05, 0.1) is 6.54 Å². The van der Waals surface area contributed by atoms with Gasteiger partial charge in [0.1, 0.15) is 17.6 Å². The molecule has 0 saturated heterocycles. The Bertz CT molecular complexity index is 710. The average Bonchev–Trinajstić information content (AvgIpc) is 2.40. The van der Waals surface area contributed by atoms with Crippen LogP contribution in [-0.2, 0) is 27.7 Å². The lowest BCUT2D eigenvalue weighted by Gasteiger charge is -2.20. The number of nitrogens with zero attached hydrogens (tertiary/aromatic N) is 3. The van der Waals surface area contributed by atoms with E-state index in [0.717, 1.165) is 0 Å². The summed E-state index contributed by atoms with van der Waals surface area (Å²) in [5.74, 6) is -1.77. The summed E-state index contributed by atoms with van der Waals surface area (Å²) >= 11 is 0. The van der Waals surface area contributed by atoms with Crippen LogP contribution in [0.3, 0.4) is 0 Å². The quantitative estimate of drug-likeness (QED) is 0.590. The number of carboxylic acids is 1. The third-order valence-corrected chi connectivity index (χ3v) is 3.91. The molecule has 9 nitrogen and oxygen atoms in total. The first-order valence-corrected chi connectivity index (χ1v) is 7.99. The number of carboxylic acid groups (broad SMARTS) is 1. The van der Waals surface area contributed by atoms with Crippen molar-refractivity contribution < 1.29 is 31.5 Å². The first-order valence-electron chi connectivity index (χ1n) is 6.48. The van der Waals surface area contributed by atoms with E-state index < -0.39 is 53.0 Å². The lowest BCUT2D eigenvalue weighted by atomic mass is 10.2. The fourth-order valence-electron chi connectivity index (χ4n) is 1.71. The third-order valence-electron chi connectivity index (χ3n) is 2.88. The molecular formula is C11H16F3N5O4S. The highest BCUT2D eigenvalue weighted by Crippen LogP contribution is 2.28. The molecule has 0 bridgehead atoms. The first-order chi connectivity index (χ1) is 10.8. The molecule has 0 radical (unpaired) electrons. The van der Waals surface area contributed by atoms with Crippen molar-refractivity contribution in [1.29, 1.82) is 0 Å². The summed E-state index contributed by atoms with van der Waals surface area (Å²) in [6.45, 7) is 0.239. The fraction of sp³-hybridized carbons (Fsp3) is 0.545. The molecule has 0 saturated carbocycles. The number of alkyl halides is 3. The molecule has 1 rings (SSSR count). The number of carbonyl (C=O) groups is 1. The molecule has 0 aliphatic carbocycles. The fourth-order valence-corrected chi connectivity index (χ4v) is 2.36. The number of aliphatic carboxylic acids is 1. The Kier molecular flexibility index (Phi) is 6.21. The Hall–Kier alpha value is -1.83. The van der Waals surface area contributed by atoms with E-state index in [0.29, 0.717) is 10.4 Å². The molecule has 0 aliphatic rings. The predicted molar refractivity (Wildman–Crippen MR) is 75.5 cm³/mol. The molecular weight excluding hydrogens is 355 g/mol. The number of halogens is 3. The second-order valence-corrected chi connectivity index (χ2v) is 6.47. The normalized spacial score (nSPS) is 14.0. The zero-order chi connectivity index (χ0) is 18.7. The highest BCUT2D eigenvalue weighted by molar-refractivity contribution is 7.86. The van der Waals surface area contributed by atoms with Gasteiger partial charge in [-0.15, -0.1) is 0 Å². The van der Waals surface area contributed by atoms with E-state index in [9.17, 15) is 26.4 Å². The van der Waals surface area contributed by atoms with E-state index in [4.69, 9.17) is 16.0 Å². The van der Waals surface area contributed by atoms with Crippen molar-refractivity contribution in [2.24, 2.45) is 10.9 Å². The summed E-state index contributed by atoms with van der Waals surface area (Å²) in [5.41, 5.74) is 4.03. The molecule has 0 aromatic carbocycles. The van der Waals surface area contributed by atoms with E-state index in [1.54, 1.807) is 0 Å². The molecule has 5 N–H and O–H groups in total. The summed E-state index contributed by atoms with van der Waals surface area (Å²) in [4.78, 5) is 17.7. The lowest BCUT2D eigenvalue weighted by Crippen LogP contribution is -2.41. The molecule has 13 heteroatoms. The van der Waals surface area contributed by atoms with Crippen LogP contribution < -0.4 is 10.9 Å². The van der Waals surface area contributed by atoms with Gasteiger partial charge in [0.25, 0.3) is 10.2 Å². The Labute approximate surface area is 135 Å². The van der Waals surface area contributed by atoms with Crippen LogP contribution >= 0.6 is 0 Å². The SMILES string of the molecule is Cc1cc(C(F)(F)F)nc(CN(CC[C@H](N)C(=O)O)S(N)(=O)=O)n1. The van der Waals surface area contributed by atoms with E-state index >= 15 is 0 Å². The van der Waals surface area contributed by atoms with Crippen molar-refractivity contribution in [3.8, 4) is 0 Å². The van der Waals surface area contributed by atoms with Crippen LogP contribution in [0.1, 0.15) is 23.6 Å². The predicted octanol–water partition coefficient (Wildman–Crippen LogP) is -0.389. The number of nitrogens with two attached hydrogens (primary N) is 2. The van der Waals surface area contributed by atoms with Gasteiger partial charge in [-0.1, -0.05) is 0 Å². The van der Waals surface area contributed by atoms with Crippen LogP contribution in [0.2, 0.25) is 0 Å². The molecule has 0 aliphatic heterocycles. The number of aryl methyl sites for hydroxylation is 1. The first kappa shape index (κ1) is 20.2. The van der Waals surface area contributed by atoms with Gasteiger partial charge in [-0.3, -0.25) is 4.79 Å². The molecule has 0 amide bonds. The maximum absolute atomic E-state index is 12.7. The largest absolute Gasteiger partial charge is 0.480 e. The van der Waals surface area contributed by atoms with Gasteiger partial charge >= 0.3 is 12.1 Å². The maximum Gasteiger partial charge on any atom is 0.433 e. The van der Waals surface area contributed by atoms with E-state index in [1.807, 2.05) is 0 Å². The molecule has 1 aromatic heterocycles. The number of rotatable bonds is 7. The molecule has 0 unspecified atom stereocenters. The smallest absolute Gasteiger partial charge is 0.433 e. The van der Waals surface area contributed by atoms with Crippen molar-refractivity contribution in [3.05, 3.63) is 23.3 Å². The van der Waals surface area contributed by atoms with Crippen LogP contribution in [-0.4, -0.2) is 46.4 Å². The van der Waals surface area contributed by atoms with Crippen LogP contribution in [0.4, 0.5) is 13.2 Å². The number of hydrogen-bond donors (Lipinski definition) is 3. The van der Waals surface area contributed by atoms with Crippen molar-refractivity contribution >= 4 is 16.2 Å². The van der Waals surface area contributed by atoms with Crippen molar-refractivity contribution in [2.45, 2.75) is 32.1 Å². The summed E-state index contributed by atoms with van der Waals surface area (Å²) in [6.07, 6.45) is -5.01. The van der Waals surface area contributed by atoms with Gasteiger partial charge in [0.2, 0.25) is 0 Å². The topological polar surface area (TPSA) is 152 Å². The monoisotopic (exact) mass is 371 g/mol. The Morgan fingerprint density at radius 3 is 2.46 bits per heavy atom. The summed E-state index contributed by atoms with van der Waals surface area (Å²) in [6, 6.07) is -0.635. The van der Waals surface area contributed by atoms with Gasteiger partial charge in [0, 0.05) is 12.2 Å². The van der Waals surface area contributed by atoms with Crippen molar-refractivity contribution in [1.82, 2.24) is 14.3 Å². The van der Waals surface area contributed by atoms with Crippen LogP contribution in [0.5, 0.6) is 0 Å². The lowest BCUT2D eigenvalue weighted by molar-refractivity contribution is -0.141. The molecule has 0 fully saturated rings. The van der Waals surface area contributed by atoms with Crippen molar-refractivity contribution in [3.63, 3.8) is 0 Å². The average molecular weight is 371 g/mol. The Balaban J connectivity index is 3.03. The number of hydrogen-bond acceptors (Lipinski definition) is 6. The van der Waals surface area contributed by atoms with E-state index in [2.05, 4.69) is 9.97 Å². The maximum atomic E-state index is 12.7. The molecule has 136 valence electrons. The summed E-state index contributed by atoms with van der Waals surface area (Å²) < 4.78 is 61.8. The Morgan fingerprint density at radius 2 is 2.00 bits per heavy atom. The minimum absolute atomic E-state index is 0.0102. The minimum atomic E-state index is -4.72. The van der Waals surface area contributed by atoms with Gasteiger partial charge < -0.3 is 10.8 Å². The van der Waals surface area contributed by atoms with E-state index in [1.165, 1.54) is 6.92 Å². The van der Waals surface area contributed by atoms with Crippen LogP contribution in [0, 0.1) is 6.92 Å². The standard InChI is InChI=1S/C11H16F3N5O4S/c1-6-4-8(11(12,13)14)18-9(17-6)5-19(24(16,22)23)3-2-7(15)10(20)21/h4,7H,2-3,5,15H2,1H3,(H,20,21)(H2,16,22,23)/t7-/m0/s1. The molecule has 24 heavy (non-hydrogen) atoms. The second-order valence-electron chi connectivity index (χ2n) is 4.92. The molecule has 1 aromatic rings. The Morgan fingerprint density at radius 1 is 1.42 bits per heavy atom. The van der Waals surface area contributed by atoms with Gasteiger partial charge in [0.15, 0.2) is 0 Å². The van der Waals surface area contributed by atoms with E-state index in [-0.39, 0.29) is 12.1 Å². The highest BCUT2D eigenvalue weighted by atomic mass is 32.2. The highest BCUT2D eigenvalue weighted by Gasteiger charge is 2.33. The molecule has 0 spiro atoms. The minimum Gasteiger partial charge on any atom is -0.480 e. The molecule has 1 heterocycles.